The Kier molecular flexibility index (Phi) is 5.44. The molecule has 0 radical (unpaired) electrons. The van der Waals surface area contributed by atoms with Gasteiger partial charge in [0.15, 0.2) is 0 Å². The molecule has 0 saturated carbocycles. The van der Waals surface area contributed by atoms with E-state index in [9.17, 15) is 0 Å². The highest BCUT2D eigenvalue weighted by molar-refractivity contribution is 6.09. The van der Waals surface area contributed by atoms with Gasteiger partial charge in [-0.25, -0.2) is 0 Å². The second kappa shape index (κ2) is 9.07. The zero-order chi connectivity index (χ0) is 29.5. The molecule has 6 aromatic carbocycles. The Morgan fingerprint density at radius 3 is 1.56 bits per heavy atom. The van der Waals surface area contributed by atoms with Gasteiger partial charge >= 0.3 is 0 Å². The molecule has 6 aromatic rings. The Morgan fingerprint density at radius 2 is 0.953 bits per heavy atom. The van der Waals surface area contributed by atoms with Crippen molar-refractivity contribution in [3.05, 3.63) is 154 Å². The van der Waals surface area contributed by atoms with E-state index in [1.54, 1.807) is 0 Å². The molecule has 0 atom stereocenters. The van der Waals surface area contributed by atoms with Crippen molar-refractivity contribution in [2.24, 2.45) is 0 Å². The summed E-state index contributed by atoms with van der Waals surface area (Å²) in [6.45, 7) is 11.9. The average molecular weight is 551 g/mol. The Balaban J connectivity index is 1.17. The molecule has 2 aliphatic rings. The molecule has 2 aliphatic carbocycles. The van der Waals surface area contributed by atoms with E-state index in [2.05, 4.69) is 156 Å². The van der Waals surface area contributed by atoms with Crippen LogP contribution in [0.4, 0.5) is 0 Å². The number of rotatable bonds is 2. The van der Waals surface area contributed by atoms with Crippen molar-refractivity contribution in [2.45, 2.75) is 45.4 Å². The fraction of sp³-hybridized carbons (Fsp3) is 0.163. The molecular weight excluding hydrogens is 516 g/mol. The minimum absolute atomic E-state index is 0.0522. The van der Waals surface area contributed by atoms with Gasteiger partial charge in [-0.2, -0.15) is 0 Å². The van der Waals surface area contributed by atoms with Gasteiger partial charge in [-0.3, -0.25) is 0 Å². The summed E-state index contributed by atoms with van der Waals surface area (Å²) in [6, 6.07) is 42.0. The van der Waals surface area contributed by atoms with Crippen LogP contribution >= 0.6 is 0 Å². The van der Waals surface area contributed by atoms with Crippen molar-refractivity contribution in [3.8, 4) is 45.2 Å². The van der Waals surface area contributed by atoms with Gasteiger partial charge in [-0.1, -0.05) is 118 Å². The van der Waals surface area contributed by atoms with Crippen molar-refractivity contribution in [2.75, 3.05) is 0 Å². The van der Waals surface area contributed by atoms with Crippen LogP contribution < -0.4 is 0 Å². The Labute approximate surface area is 255 Å². The van der Waals surface area contributed by atoms with Gasteiger partial charge < -0.3 is 0 Å². The van der Waals surface area contributed by atoms with Crippen LogP contribution in [0, 0.1) is 18.8 Å². The Morgan fingerprint density at radius 1 is 0.442 bits per heavy atom. The lowest BCUT2D eigenvalue weighted by Crippen LogP contribution is -2.24. The molecular formula is C43H34. The molecule has 206 valence electrons. The second-order valence-corrected chi connectivity index (χ2v) is 13.3. The summed E-state index contributed by atoms with van der Waals surface area (Å²) in [7, 11) is 0. The third-order valence-corrected chi connectivity index (χ3v) is 10.0. The molecule has 8 rings (SSSR count). The minimum atomic E-state index is -0.0838. The lowest BCUT2D eigenvalue weighted by Gasteiger charge is -2.35. The zero-order valence-corrected chi connectivity index (χ0v) is 25.5. The molecule has 0 unspecified atom stereocenters. The van der Waals surface area contributed by atoms with Crippen molar-refractivity contribution < 1.29 is 0 Å². The van der Waals surface area contributed by atoms with Crippen LogP contribution in [0.25, 0.3) is 44.2 Å². The summed E-state index contributed by atoms with van der Waals surface area (Å²) < 4.78 is 0. The van der Waals surface area contributed by atoms with Gasteiger partial charge in [-0.15, -0.1) is 0 Å². The first kappa shape index (κ1) is 25.8. The van der Waals surface area contributed by atoms with Crippen LogP contribution in [0.1, 0.15) is 66.6 Å². The van der Waals surface area contributed by atoms with Crippen LogP contribution in [0.3, 0.4) is 0 Å². The lowest BCUT2D eigenvalue weighted by atomic mass is 9.67. The van der Waals surface area contributed by atoms with Crippen LogP contribution in [-0.2, 0) is 10.8 Å². The van der Waals surface area contributed by atoms with Crippen LogP contribution in [0.15, 0.2) is 115 Å². The first-order valence-electron chi connectivity index (χ1n) is 15.3. The molecule has 0 N–H and O–H groups in total. The number of hydrogen-bond donors (Lipinski definition) is 0. The number of hydrogen-bond acceptors (Lipinski definition) is 0. The second-order valence-electron chi connectivity index (χ2n) is 13.3. The van der Waals surface area contributed by atoms with Gasteiger partial charge in [0.05, 0.1) is 0 Å². The SMILES string of the molecule is Cc1cc2c3c4c(cccc14)C(C)(C)c1cc(-c4ccc(C#Cc5ccc(-c6ccccc6)cc5)cc4)cc(c1-3)C2(C)C. The molecule has 0 saturated heterocycles. The highest BCUT2D eigenvalue weighted by Crippen LogP contribution is 2.60. The van der Waals surface area contributed by atoms with Crippen LogP contribution in [0.2, 0.25) is 0 Å². The molecule has 0 nitrogen and oxygen atoms in total. The molecule has 43 heavy (non-hydrogen) atoms. The van der Waals surface area contributed by atoms with E-state index in [0.717, 1.165) is 11.1 Å². The Bertz CT molecular complexity index is 2140. The molecule has 0 spiro atoms. The van der Waals surface area contributed by atoms with Crippen molar-refractivity contribution in [1.29, 1.82) is 0 Å². The standard InChI is InChI=1S/C43H34/c1-27-24-36-41-39-34(27)12-9-13-35(39)42(2,3)37-25-33(26-38(40(37)41)43(36,4)5)32-22-18-29(19-23-32)15-14-28-16-20-31(21-17-28)30-10-7-6-8-11-30/h6-13,16-26H,1-5H3. The predicted octanol–water partition coefficient (Wildman–Crippen LogP) is 10.8. The highest BCUT2D eigenvalue weighted by Gasteiger charge is 2.45. The molecule has 0 heteroatoms. The summed E-state index contributed by atoms with van der Waals surface area (Å²) in [5, 5.41) is 2.86. The molecule has 0 bridgehead atoms. The van der Waals surface area contributed by atoms with E-state index in [1.807, 2.05) is 6.07 Å². The van der Waals surface area contributed by atoms with Gasteiger partial charge in [0.25, 0.3) is 0 Å². The van der Waals surface area contributed by atoms with Crippen molar-refractivity contribution >= 4 is 10.8 Å². The summed E-state index contributed by atoms with van der Waals surface area (Å²) in [5.74, 6) is 6.73. The Hall–Kier alpha value is -4.86. The fourth-order valence-electron chi connectivity index (χ4n) is 7.55. The molecule has 0 amide bonds. The lowest BCUT2D eigenvalue weighted by molar-refractivity contribution is 0.639. The van der Waals surface area contributed by atoms with Crippen molar-refractivity contribution in [1.82, 2.24) is 0 Å². The molecule has 0 aromatic heterocycles. The molecule has 0 aliphatic heterocycles. The topological polar surface area (TPSA) is 0 Å². The minimum Gasteiger partial charge on any atom is -0.0622 e. The maximum Gasteiger partial charge on any atom is 0.0249 e. The van der Waals surface area contributed by atoms with Crippen LogP contribution in [0.5, 0.6) is 0 Å². The van der Waals surface area contributed by atoms with Gasteiger partial charge in [0.2, 0.25) is 0 Å². The first-order chi connectivity index (χ1) is 20.7. The predicted molar refractivity (Wildman–Crippen MR) is 182 cm³/mol. The fourth-order valence-corrected chi connectivity index (χ4v) is 7.55. The van der Waals surface area contributed by atoms with E-state index < -0.39 is 0 Å². The zero-order valence-electron chi connectivity index (χ0n) is 25.5. The summed E-state index contributed by atoms with van der Waals surface area (Å²) in [5.41, 5.74) is 17.0. The van der Waals surface area contributed by atoms with Crippen molar-refractivity contribution in [3.63, 3.8) is 0 Å². The maximum atomic E-state index is 3.38. The van der Waals surface area contributed by atoms with Gasteiger partial charge in [0, 0.05) is 22.0 Å². The van der Waals surface area contributed by atoms with E-state index in [0.29, 0.717) is 0 Å². The number of aryl methyl sites for hydroxylation is 1. The number of benzene rings is 6. The van der Waals surface area contributed by atoms with E-state index in [-0.39, 0.29) is 10.8 Å². The summed E-state index contributed by atoms with van der Waals surface area (Å²) >= 11 is 0. The monoisotopic (exact) mass is 550 g/mol. The van der Waals surface area contributed by atoms with E-state index >= 15 is 0 Å². The maximum absolute atomic E-state index is 3.38. The summed E-state index contributed by atoms with van der Waals surface area (Å²) in [4.78, 5) is 0. The molecule has 0 fully saturated rings. The van der Waals surface area contributed by atoms with Crippen LogP contribution in [-0.4, -0.2) is 0 Å². The highest BCUT2D eigenvalue weighted by atomic mass is 14.5. The first-order valence-corrected chi connectivity index (χ1v) is 15.3. The third-order valence-electron chi connectivity index (χ3n) is 10.0. The van der Waals surface area contributed by atoms with Gasteiger partial charge in [-0.05, 0) is 115 Å². The smallest absolute Gasteiger partial charge is 0.0249 e. The van der Waals surface area contributed by atoms with E-state index in [4.69, 9.17) is 0 Å². The normalized spacial score (nSPS) is 14.8. The molecule has 0 heterocycles. The van der Waals surface area contributed by atoms with E-state index in [1.165, 1.54) is 72.0 Å². The van der Waals surface area contributed by atoms with Gasteiger partial charge in [0.1, 0.15) is 0 Å². The third kappa shape index (κ3) is 3.78. The quantitative estimate of drug-likeness (QED) is 0.188. The average Bonchev–Trinajstić information content (AvgIpc) is 3.26. The largest absolute Gasteiger partial charge is 0.0622 e. The summed E-state index contributed by atoms with van der Waals surface area (Å²) in [6.07, 6.45) is 0.